The lowest BCUT2D eigenvalue weighted by molar-refractivity contribution is -0.384. The van der Waals surface area contributed by atoms with Crippen LogP contribution in [0.25, 0.3) is 0 Å². The number of carbonyl (C=O) groups is 2. The molecule has 0 amide bonds. The topological polar surface area (TPSA) is 95.7 Å². The van der Waals surface area contributed by atoms with Crippen molar-refractivity contribution in [3.05, 3.63) is 34.4 Å². The maximum Gasteiger partial charge on any atom is 0.311 e. The van der Waals surface area contributed by atoms with Crippen molar-refractivity contribution in [1.29, 1.82) is 0 Å². The molecule has 0 heterocycles. The number of hydrogen-bond donors (Lipinski definition) is 0. The maximum atomic E-state index is 11.7. The van der Waals surface area contributed by atoms with E-state index in [1.807, 2.05) is 0 Å². The van der Waals surface area contributed by atoms with E-state index in [9.17, 15) is 19.7 Å². The van der Waals surface area contributed by atoms with Crippen LogP contribution in [0.5, 0.6) is 5.75 Å². The third-order valence-electron chi connectivity index (χ3n) is 5.14. The summed E-state index contributed by atoms with van der Waals surface area (Å²) >= 11 is 0. The fraction of sp³-hybridized carbons (Fsp3) is 0.600. The SMILES string of the molecule is CCC1CCCC1CCCOC(=O)CCC(=O)Oc1ccc([N+](=O)[O-])cc1. The van der Waals surface area contributed by atoms with Gasteiger partial charge in [-0.1, -0.05) is 32.6 Å². The zero-order valence-electron chi connectivity index (χ0n) is 15.7. The van der Waals surface area contributed by atoms with Crippen molar-refractivity contribution in [3.8, 4) is 5.75 Å². The van der Waals surface area contributed by atoms with Crippen molar-refractivity contribution in [2.45, 2.75) is 58.3 Å². The first-order valence-electron chi connectivity index (χ1n) is 9.60. The third kappa shape index (κ3) is 7.00. The second kappa shape index (κ2) is 10.6. The van der Waals surface area contributed by atoms with Crippen LogP contribution in [-0.4, -0.2) is 23.5 Å². The average Bonchev–Trinajstić information content (AvgIpc) is 3.11. The minimum atomic E-state index is -0.572. The minimum absolute atomic E-state index is 0.0349. The normalized spacial score (nSPS) is 18.9. The number of hydrogen-bond acceptors (Lipinski definition) is 6. The van der Waals surface area contributed by atoms with Crippen LogP contribution in [0.4, 0.5) is 5.69 Å². The van der Waals surface area contributed by atoms with Crippen molar-refractivity contribution in [3.63, 3.8) is 0 Å². The first-order valence-corrected chi connectivity index (χ1v) is 9.60. The number of nitro groups is 1. The molecule has 148 valence electrons. The highest BCUT2D eigenvalue weighted by molar-refractivity contribution is 5.79. The molecule has 1 saturated carbocycles. The maximum absolute atomic E-state index is 11.7. The van der Waals surface area contributed by atoms with Gasteiger partial charge in [-0.25, -0.2) is 0 Å². The van der Waals surface area contributed by atoms with Gasteiger partial charge in [0.15, 0.2) is 0 Å². The Kier molecular flexibility index (Phi) is 8.23. The van der Waals surface area contributed by atoms with E-state index in [0.717, 1.165) is 24.7 Å². The number of carbonyl (C=O) groups excluding carboxylic acids is 2. The fourth-order valence-electron chi connectivity index (χ4n) is 3.66. The predicted octanol–water partition coefficient (Wildman–Crippen LogP) is 4.43. The van der Waals surface area contributed by atoms with Crippen LogP contribution in [0.2, 0.25) is 0 Å². The summed E-state index contributed by atoms with van der Waals surface area (Å²) in [6.07, 6.45) is 6.96. The highest BCUT2D eigenvalue weighted by Crippen LogP contribution is 2.36. The molecule has 0 radical (unpaired) electrons. The molecule has 7 nitrogen and oxygen atoms in total. The van der Waals surface area contributed by atoms with Crippen LogP contribution in [-0.2, 0) is 14.3 Å². The van der Waals surface area contributed by atoms with Crippen molar-refractivity contribution >= 4 is 17.6 Å². The molecular formula is C20H27NO6. The van der Waals surface area contributed by atoms with Gasteiger partial charge in [0, 0.05) is 12.1 Å². The average molecular weight is 377 g/mol. The standard InChI is InChI=1S/C20H27NO6/c1-2-15-5-3-6-16(15)7-4-14-26-19(22)12-13-20(23)27-18-10-8-17(9-11-18)21(24)25/h8-11,15-16H,2-7,12-14H2,1H3. The molecule has 0 saturated heterocycles. The molecule has 1 fully saturated rings. The lowest BCUT2D eigenvalue weighted by atomic mass is 9.90. The Morgan fingerprint density at radius 2 is 1.78 bits per heavy atom. The Balaban J connectivity index is 1.59. The Morgan fingerprint density at radius 3 is 2.44 bits per heavy atom. The molecule has 7 heteroatoms. The largest absolute Gasteiger partial charge is 0.466 e. The molecule has 0 aromatic heterocycles. The van der Waals surface area contributed by atoms with E-state index < -0.39 is 16.9 Å². The Hall–Kier alpha value is -2.44. The van der Waals surface area contributed by atoms with Gasteiger partial charge in [0.2, 0.25) is 0 Å². The van der Waals surface area contributed by atoms with E-state index in [1.165, 1.54) is 49.9 Å². The lowest BCUT2D eigenvalue weighted by Gasteiger charge is -2.17. The summed E-state index contributed by atoms with van der Waals surface area (Å²) in [6.45, 7) is 2.63. The summed E-state index contributed by atoms with van der Waals surface area (Å²) in [5, 5.41) is 10.6. The van der Waals surface area contributed by atoms with Crippen LogP contribution < -0.4 is 4.74 Å². The quantitative estimate of drug-likeness (QED) is 0.197. The molecule has 1 aromatic rings. The van der Waals surface area contributed by atoms with Crippen molar-refractivity contribution < 1.29 is 24.0 Å². The van der Waals surface area contributed by atoms with Gasteiger partial charge < -0.3 is 9.47 Å². The van der Waals surface area contributed by atoms with Gasteiger partial charge in [0.1, 0.15) is 5.75 Å². The number of esters is 2. The van der Waals surface area contributed by atoms with Crippen LogP contribution in [0, 0.1) is 22.0 Å². The van der Waals surface area contributed by atoms with Gasteiger partial charge in [-0.3, -0.25) is 19.7 Å². The van der Waals surface area contributed by atoms with Crippen LogP contribution in [0.1, 0.15) is 58.3 Å². The number of rotatable bonds is 10. The second-order valence-electron chi connectivity index (χ2n) is 6.95. The first kappa shape index (κ1) is 20.9. The molecule has 0 bridgehead atoms. The molecule has 1 aliphatic carbocycles. The van der Waals surface area contributed by atoms with Gasteiger partial charge in [-0.2, -0.15) is 0 Å². The molecule has 1 aromatic carbocycles. The molecule has 0 aliphatic heterocycles. The molecule has 27 heavy (non-hydrogen) atoms. The van der Waals surface area contributed by atoms with Gasteiger partial charge in [0.05, 0.1) is 24.4 Å². The minimum Gasteiger partial charge on any atom is -0.466 e. The summed E-state index contributed by atoms with van der Waals surface area (Å²) < 4.78 is 10.2. The molecular weight excluding hydrogens is 350 g/mol. The second-order valence-corrected chi connectivity index (χ2v) is 6.95. The Bertz CT molecular complexity index is 642. The van der Waals surface area contributed by atoms with E-state index in [-0.39, 0.29) is 24.3 Å². The number of benzene rings is 1. The third-order valence-corrected chi connectivity index (χ3v) is 5.14. The summed E-state index contributed by atoms with van der Waals surface area (Å²) in [5.74, 6) is 0.799. The number of non-ortho nitro benzene ring substituents is 1. The number of ether oxygens (including phenoxy) is 2. The summed E-state index contributed by atoms with van der Waals surface area (Å²) in [4.78, 5) is 33.5. The lowest BCUT2D eigenvalue weighted by Crippen LogP contribution is -2.13. The zero-order chi connectivity index (χ0) is 19.6. The van der Waals surface area contributed by atoms with Crippen molar-refractivity contribution in [1.82, 2.24) is 0 Å². The number of nitrogens with zero attached hydrogens (tertiary/aromatic N) is 1. The van der Waals surface area contributed by atoms with E-state index in [0.29, 0.717) is 6.61 Å². The molecule has 2 atom stereocenters. The molecule has 1 aliphatic rings. The fourth-order valence-corrected chi connectivity index (χ4v) is 3.66. The first-order chi connectivity index (χ1) is 13.0. The molecule has 0 N–H and O–H groups in total. The van der Waals surface area contributed by atoms with Gasteiger partial charge in [0.25, 0.3) is 5.69 Å². The zero-order valence-corrected chi connectivity index (χ0v) is 15.7. The summed E-state index contributed by atoms with van der Waals surface area (Å²) in [6, 6.07) is 5.20. The van der Waals surface area contributed by atoms with Crippen molar-refractivity contribution in [2.75, 3.05) is 6.61 Å². The van der Waals surface area contributed by atoms with E-state index in [4.69, 9.17) is 9.47 Å². The van der Waals surface area contributed by atoms with E-state index in [2.05, 4.69) is 6.92 Å². The van der Waals surface area contributed by atoms with Crippen LogP contribution >= 0.6 is 0 Å². The van der Waals surface area contributed by atoms with Gasteiger partial charge in [-0.05, 0) is 36.8 Å². The van der Waals surface area contributed by atoms with Gasteiger partial charge >= 0.3 is 11.9 Å². The molecule has 2 unspecified atom stereocenters. The smallest absolute Gasteiger partial charge is 0.311 e. The summed E-state index contributed by atoms with van der Waals surface area (Å²) in [7, 11) is 0. The number of nitro benzene ring substituents is 1. The van der Waals surface area contributed by atoms with Gasteiger partial charge in [-0.15, -0.1) is 0 Å². The van der Waals surface area contributed by atoms with E-state index in [1.54, 1.807) is 0 Å². The Morgan fingerprint density at radius 1 is 1.11 bits per heavy atom. The van der Waals surface area contributed by atoms with Crippen molar-refractivity contribution in [2.24, 2.45) is 11.8 Å². The van der Waals surface area contributed by atoms with Crippen LogP contribution in [0.3, 0.4) is 0 Å². The highest BCUT2D eigenvalue weighted by Gasteiger charge is 2.25. The molecule has 2 rings (SSSR count). The predicted molar refractivity (Wildman–Crippen MR) is 99.3 cm³/mol. The molecule has 0 spiro atoms. The van der Waals surface area contributed by atoms with Crippen LogP contribution in [0.15, 0.2) is 24.3 Å². The monoisotopic (exact) mass is 377 g/mol. The van der Waals surface area contributed by atoms with E-state index >= 15 is 0 Å². The highest BCUT2D eigenvalue weighted by atomic mass is 16.6. The Labute approximate surface area is 159 Å². The summed E-state index contributed by atoms with van der Waals surface area (Å²) in [5.41, 5.74) is -0.0822.